The average Bonchev–Trinajstić information content (AvgIpc) is 2.65. The molecular weight excluding hydrogens is 386 g/mol. The molecule has 0 aliphatic rings. The Morgan fingerprint density at radius 2 is 0.900 bits per heavy atom. The zero-order chi connectivity index (χ0) is 22.7. The smallest absolute Gasteiger partial charge is 0.303 e. The number of carboxylic acid groups (broad SMARTS) is 3. The summed E-state index contributed by atoms with van der Waals surface area (Å²) < 4.78 is 0.632. The minimum absolute atomic E-state index is 0.0859. The maximum atomic E-state index is 11.0. The highest BCUT2D eigenvalue weighted by Gasteiger charge is 2.27. The summed E-state index contributed by atoms with van der Waals surface area (Å²) in [6.45, 7) is 6.57. The standard InChI is InChI=1S/C23H41NO6/c1-2-3-4-5-6-7-8-9-10-17-24(18-11-14-21(25)26,19-12-15-22(27)28)20-13-16-23(29)30/h2H,1,3-20H2,(H2-,25,26,27,28,29,30)/p+1. The molecule has 0 spiro atoms. The maximum absolute atomic E-state index is 11.0. The van der Waals surface area contributed by atoms with Crippen molar-refractivity contribution in [3.05, 3.63) is 12.7 Å². The quantitative estimate of drug-likeness (QED) is 0.131. The lowest BCUT2D eigenvalue weighted by Gasteiger charge is -2.39. The number of rotatable bonds is 22. The molecule has 3 N–H and O–H groups in total. The highest BCUT2D eigenvalue weighted by atomic mass is 16.4. The van der Waals surface area contributed by atoms with Crippen LogP contribution in [0, 0.1) is 0 Å². The molecule has 30 heavy (non-hydrogen) atoms. The van der Waals surface area contributed by atoms with E-state index in [1.54, 1.807) is 0 Å². The molecule has 0 aromatic heterocycles. The summed E-state index contributed by atoms with van der Waals surface area (Å²) in [6.07, 6.45) is 13.0. The molecule has 0 rings (SSSR count). The number of aliphatic carboxylic acids is 3. The van der Waals surface area contributed by atoms with E-state index in [0.717, 1.165) is 32.2 Å². The van der Waals surface area contributed by atoms with Crippen molar-refractivity contribution < 1.29 is 34.2 Å². The Labute approximate surface area is 181 Å². The minimum atomic E-state index is -0.833. The third-order valence-electron chi connectivity index (χ3n) is 5.61. The van der Waals surface area contributed by atoms with E-state index >= 15 is 0 Å². The SMILES string of the molecule is C=CCCCCCCCCC[N+](CCCC(=O)O)(CCCC(=O)O)CCCC(=O)O. The lowest BCUT2D eigenvalue weighted by Crippen LogP contribution is -2.51. The van der Waals surface area contributed by atoms with Crippen LogP contribution >= 0.6 is 0 Å². The number of carbonyl (C=O) groups is 3. The molecule has 0 amide bonds. The third-order valence-corrected chi connectivity index (χ3v) is 5.61. The van der Waals surface area contributed by atoms with Crippen LogP contribution in [-0.2, 0) is 14.4 Å². The van der Waals surface area contributed by atoms with Gasteiger partial charge in [0.05, 0.1) is 45.4 Å². The Hall–Kier alpha value is -1.89. The van der Waals surface area contributed by atoms with Crippen LogP contribution in [0.5, 0.6) is 0 Å². The van der Waals surface area contributed by atoms with Crippen LogP contribution in [-0.4, -0.2) is 63.9 Å². The first kappa shape index (κ1) is 28.1. The minimum Gasteiger partial charge on any atom is -0.481 e. The lowest BCUT2D eigenvalue weighted by molar-refractivity contribution is -0.929. The number of hydrogen-bond acceptors (Lipinski definition) is 3. The van der Waals surface area contributed by atoms with E-state index in [-0.39, 0.29) is 19.3 Å². The molecule has 0 heterocycles. The summed E-state index contributed by atoms with van der Waals surface area (Å²) in [6, 6.07) is 0. The number of carboxylic acids is 3. The molecule has 0 saturated carbocycles. The van der Waals surface area contributed by atoms with Gasteiger partial charge in [0.2, 0.25) is 0 Å². The van der Waals surface area contributed by atoms with Gasteiger partial charge in [-0.2, -0.15) is 0 Å². The molecule has 0 aromatic carbocycles. The molecule has 0 fully saturated rings. The first-order chi connectivity index (χ1) is 14.3. The Morgan fingerprint density at radius 3 is 1.27 bits per heavy atom. The fourth-order valence-corrected chi connectivity index (χ4v) is 3.99. The second-order valence-electron chi connectivity index (χ2n) is 8.28. The van der Waals surface area contributed by atoms with Gasteiger partial charge in [0.25, 0.3) is 0 Å². The Bertz CT molecular complexity index is 456. The first-order valence-electron chi connectivity index (χ1n) is 11.4. The van der Waals surface area contributed by atoms with E-state index in [4.69, 9.17) is 15.3 Å². The zero-order valence-corrected chi connectivity index (χ0v) is 18.5. The second-order valence-corrected chi connectivity index (χ2v) is 8.28. The molecule has 7 heteroatoms. The van der Waals surface area contributed by atoms with Gasteiger partial charge in [0, 0.05) is 19.3 Å². The topological polar surface area (TPSA) is 112 Å². The van der Waals surface area contributed by atoms with Crippen molar-refractivity contribution in [2.75, 3.05) is 26.2 Å². The predicted molar refractivity (Wildman–Crippen MR) is 117 cm³/mol. The zero-order valence-electron chi connectivity index (χ0n) is 18.5. The van der Waals surface area contributed by atoms with Gasteiger partial charge < -0.3 is 19.8 Å². The molecule has 0 atom stereocenters. The molecule has 0 bridgehead atoms. The van der Waals surface area contributed by atoms with Crippen LogP contribution in [0.2, 0.25) is 0 Å². The molecule has 7 nitrogen and oxygen atoms in total. The molecule has 0 aromatic rings. The number of nitrogens with zero attached hydrogens (tertiary/aromatic N) is 1. The van der Waals surface area contributed by atoms with Crippen LogP contribution in [0.1, 0.15) is 89.9 Å². The van der Waals surface area contributed by atoms with Gasteiger partial charge in [-0.15, -0.1) is 6.58 Å². The largest absolute Gasteiger partial charge is 0.481 e. The molecular formula is C23H42NO6+. The highest BCUT2D eigenvalue weighted by molar-refractivity contribution is 5.67. The fourth-order valence-electron chi connectivity index (χ4n) is 3.99. The summed E-state index contributed by atoms with van der Waals surface area (Å²) in [5, 5.41) is 27.0. The van der Waals surface area contributed by atoms with Crippen molar-refractivity contribution in [2.45, 2.75) is 89.9 Å². The van der Waals surface area contributed by atoms with Crippen molar-refractivity contribution in [3.63, 3.8) is 0 Å². The highest BCUT2D eigenvalue weighted by Crippen LogP contribution is 2.18. The normalized spacial score (nSPS) is 11.3. The van der Waals surface area contributed by atoms with Gasteiger partial charge in [-0.3, -0.25) is 14.4 Å². The van der Waals surface area contributed by atoms with Crippen molar-refractivity contribution in [2.24, 2.45) is 0 Å². The maximum Gasteiger partial charge on any atom is 0.303 e. The van der Waals surface area contributed by atoms with Gasteiger partial charge in [-0.25, -0.2) is 0 Å². The van der Waals surface area contributed by atoms with Crippen molar-refractivity contribution in [1.29, 1.82) is 0 Å². The van der Waals surface area contributed by atoms with E-state index in [2.05, 4.69) is 6.58 Å². The van der Waals surface area contributed by atoms with Gasteiger partial charge in [-0.1, -0.05) is 31.8 Å². The molecule has 0 radical (unpaired) electrons. The Balaban J connectivity index is 4.68. The first-order valence-corrected chi connectivity index (χ1v) is 11.4. The summed E-state index contributed by atoms with van der Waals surface area (Å²) in [4.78, 5) is 32.9. The summed E-state index contributed by atoms with van der Waals surface area (Å²) in [5.41, 5.74) is 0. The fraction of sp³-hybridized carbons (Fsp3) is 0.783. The van der Waals surface area contributed by atoms with Crippen molar-refractivity contribution in [1.82, 2.24) is 0 Å². The average molecular weight is 429 g/mol. The molecule has 0 unspecified atom stereocenters. The van der Waals surface area contributed by atoms with Crippen LogP contribution in [0.25, 0.3) is 0 Å². The van der Waals surface area contributed by atoms with Crippen LogP contribution in [0.15, 0.2) is 12.7 Å². The van der Waals surface area contributed by atoms with Crippen LogP contribution in [0.3, 0.4) is 0 Å². The van der Waals surface area contributed by atoms with Crippen molar-refractivity contribution >= 4 is 17.9 Å². The monoisotopic (exact) mass is 428 g/mol. The molecule has 174 valence electrons. The predicted octanol–water partition coefficient (Wildman–Crippen LogP) is 4.70. The van der Waals surface area contributed by atoms with E-state index < -0.39 is 17.9 Å². The van der Waals surface area contributed by atoms with Gasteiger partial charge in [-0.05, 0) is 25.7 Å². The summed E-state index contributed by atoms with van der Waals surface area (Å²) in [5.74, 6) is -2.50. The van der Waals surface area contributed by atoms with Gasteiger partial charge in [0.15, 0.2) is 0 Å². The van der Waals surface area contributed by atoms with Crippen molar-refractivity contribution in [3.8, 4) is 0 Å². The molecule has 0 aliphatic carbocycles. The van der Waals surface area contributed by atoms with Crippen LogP contribution < -0.4 is 0 Å². The number of quaternary nitrogens is 1. The summed E-state index contributed by atoms with van der Waals surface area (Å²) >= 11 is 0. The van der Waals surface area contributed by atoms with Gasteiger partial charge >= 0.3 is 17.9 Å². The number of allylic oxidation sites excluding steroid dienone is 1. The lowest BCUT2D eigenvalue weighted by atomic mass is 10.1. The van der Waals surface area contributed by atoms with Gasteiger partial charge in [0.1, 0.15) is 0 Å². The third kappa shape index (κ3) is 17.0. The van der Waals surface area contributed by atoms with E-state index in [0.29, 0.717) is 43.4 Å². The van der Waals surface area contributed by atoms with Crippen LogP contribution in [0.4, 0.5) is 0 Å². The molecule has 0 aliphatic heterocycles. The van der Waals surface area contributed by atoms with E-state index in [1.165, 1.54) is 25.7 Å². The second kappa shape index (κ2) is 17.9. The number of unbranched alkanes of at least 4 members (excludes halogenated alkanes) is 7. The molecule has 0 saturated heterocycles. The Kier molecular flexibility index (Phi) is 16.8. The number of hydrogen-bond donors (Lipinski definition) is 3. The summed E-state index contributed by atoms with van der Waals surface area (Å²) in [7, 11) is 0. The Morgan fingerprint density at radius 1 is 0.567 bits per heavy atom. The van der Waals surface area contributed by atoms with E-state index in [1.807, 2.05) is 6.08 Å². The van der Waals surface area contributed by atoms with E-state index in [9.17, 15) is 14.4 Å².